The number of carbonyl (C=O) groups excluding carboxylic acids is 4. The van der Waals surface area contributed by atoms with E-state index in [0.717, 1.165) is 45.0 Å². The number of ether oxygens (including phenoxy) is 4. The van der Waals surface area contributed by atoms with Crippen LogP contribution in [0.25, 0.3) is 33.2 Å². The molecule has 0 aliphatic carbocycles. The molecule has 0 amide bonds. The van der Waals surface area contributed by atoms with Crippen LogP contribution in [0, 0.1) is 0 Å². The molecule has 2 N–H and O–H groups in total. The Kier molecular flexibility index (Phi) is 10.6. The first-order chi connectivity index (χ1) is 23.8. The van der Waals surface area contributed by atoms with Gasteiger partial charge in [0.25, 0.3) is 0 Å². The molecule has 12 heteroatoms. The van der Waals surface area contributed by atoms with E-state index in [4.69, 9.17) is 28.9 Å². The monoisotopic (exact) mass is 684 g/mol. The lowest BCUT2D eigenvalue weighted by Crippen LogP contribution is -2.15. The van der Waals surface area contributed by atoms with Gasteiger partial charge < -0.3 is 28.9 Å². The van der Waals surface area contributed by atoms with Crippen LogP contribution in [0.4, 0.5) is 0 Å². The average Bonchev–Trinajstić information content (AvgIpc) is 3.75. The number of hydrogen-bond donors (Lipinski definition) is 2. The lowest BCUT2D eigenvalue weighted by atomic mass is 9.86. The van der Waals surface area contributed by atoms with Crippen LogP contribution in [0.15, 0.2) is 24.3 Å². The van der Waals surface area contributed by atoms with Crippen molar-refractivity contribution in [2.45, 2.75) is 78.1 Å². The standard InChI is InChI=1S/C38H44N4O8/c1-20-21(2)28-16-31-25(14-36(45)49-7)23(9-11-34(43)47-5)29(41-31)17-30-24(10-12-35(44)48-6)26(15-37(46)50-8)32(42-30)18-33-38(3,4)19-22(39-33)13-27(20)40-28/h13,16-18,41-42H,9-12,14-15,19H2,1-8H3. The van der Waals surface area contributed by atoms with E-state index in [1.807, 2.05) is 38.1 Å². The molecular formula is C38H44N4O8. The van der Waals surface area contributed by atoms with Gasteiger partial charge in [0.2, 0.25) is 0 Å². The Hall–Kier alpha value is -5.26. The summed E-state index contributed by atoms with van der Waals surface area (Å²) in [6, 6.07) is 7.77. The lowest BCUT2D eigenvalue weighted by molar-refractivity contribution is -0.141. The van der Waals surface area contributed by atoms with Gasteiger partial charge in [0.15, 0.2) is 0 Å². The summed E-state index contributed by atoms with van der Waals surface area (Å²) in [6.45, 7) is 8.28. The molecule has 3 aromatic heterocycles. The summed E-state index contributed by atoms with van der Waals surface area (Å²) < 4.78 is 20.1. The summed E-state index contributed by atoms with van der Waals surface area (Å²) in [6.07, 6.45) is 1.23. The number of aromatic amines is 2. The zero-order valence-electron chi connectivity index (χ0n) is 29.9. The Balaban J connectivity index is 1.98. The molecule has 5 heterocycles. The fraction of sp³-hybridized carbons (Fsp3) is 0.421. The second kappa shape index (κ2) is 14.7. The van der Waals surface area contributed by atoms with Crippen LogP contribution in [0.2, 0.25) is 0 Å². The molecule has 0 saturated heterocycles. The number of hydrogen-bond acceptors (Lipinski definition) is 10. The molecule has 8 bridgehead atoms. The predicted molar refractivity (Wildman–Crippen MR) is 188 cm³/mol. The van der Waals surface area contributed by atoms with E-state index in [0.29, 0.717) is 39.6 Å². The van der Waals surface area contributed by atoms with Crippen molar-refractivity contribution in [2.24, 2.45) is 0 Å². The fourth-order valence-corrected chi connectivity index (χ4v) is 6.54. The van der Waals surface area contributed by atoms with Crippen molar-refractivity contribution in [3.8, 4) is 0 Å². The Labute approximate surface area is 290 Å². The van der Waals surface area contributed by atoms with Gasteiger partial charge in [-0.2, -0.15) is 0 Å². The smallest absolute Gasteiger partial charge is 0.310 e. The second-order valence-electron chi connectivity index (χ2n) is 13.2. The molecule has 12 nitrogen and oxygen atoms in total. The maximum absolute atomic E-state index is 12.8. The van der Waals surface area contributed by atoms with E-state index in [1.54, 1.807) is 0 Å². The summed E-state index contributed by atoms with van der Waals surface area (Å²) >= 11 is 0. The molecule has 5 rings (SSSR count). The van der Waals surface area contributed by atoms with Crippen molar-refractivity contribution in [1.29, 1.82) is 0 Å². The molecule has 0 fully saturated rings. The van der Waals surface area contributed by atoms with E-state index in [9.17, 15) is 19.2 Å². The van der Waals surface area contributed by atoms with E-state index in [2.05, 4.69) is 23.8 Å². The van der Waals surface area contributed by atoms with Gasteiger partial charge in [-0.05, 0) is 84.4 Å². The van der Waals surface area contributed by atoms with Crippen molar-refractivity contribution in [1.82, 2.24) is 19.9 Å². The maximum atomic E-state index is 12.8. The van der Waals surface area contributed by atoms with Crippen molar-refractivity contribution < 1.29 is 38.1 Å². The molecule has 0 aromatic carbocycles. The van der Waals surface area contributed by atoms with Crippen molar-refractivity contribution in [2.75, 3.05) is 28.4 Å². The van der Waals surface area contributed by atoms with Gasteiger partial charge in [-0.3, -0.25) is 24.2 Å². The first kappa shape index (κ1) is 36.0. The maximum Gasteiger partial charge on any atom is 0.310 e. The number of esters is 4. The van der Waals surface area contributed by atoms with Crippen LogP contribution in [0.3, 0.4) is 0 Å². The van der Waals surface area contributed by atoms with Gasteiger partial charge in [0, 0.05) is 58.1 Å². The summed E-state index contributed by atoms with van der Waals surface area (Å²) in [7, 11) is 5.33. The third-order valence-corrected chi connectivity index (χ3v) is 9.59. The molecule has 3 aromatic rings. The quantitative estimate of drug-likeness (QED) is 0.208. The molecule has 2 aliphatic rings. The number of allylic oxidation sites excluding steroid dienone is 2. The van der Waals surface area contributed by atoms with Gasteiger partial charge in [-0.15, -0.1) is 0 Å². The number of aryl methyl sites for hydroxylation is 2. The second-order valence-corrected chi connectivity index (χ2v) is 13.2. The van der Waals surface area contributed by atoms with E-state index < -0.39 is 23.9 Å². The van der Waals surface area contributed by atoms with E-state index in [-0.39, 0.29) is 43.9 Å². The van der Waals surface area contributed by atoms with Crippen LogP contribution < -0.4 is 0 Å². The van der Waals surface area contributed by atoms with Crippen LogP contribution in [0.1, 0.15) is 85.6 Å². The Bertz CT molecular complexity index is 2070. The molecule has 0 unspecified atom stereocenters. The Morgan fingerprint density at radius 2 is 1.06 bits per heavy atom. The lowest BCUT2D eigenvalue weighted by Gasteiger charge is -2.15. The first-order valence-corrected chi connectivity index (χ1v) is 16.5. The minimum Gasteiger partial charge on any atom is -0.469 e. The molecule has 50 heavy (non-hydrogen) atoms. The van der Waals surface area contributed by atoms with Crippen LogP contribution in [0.5, 0.6) is 0 Å². The number of nitrogens with one attached hydrogen (secondary N) is 2. The van der Waals surface area contributed by atoms with Gasteiger partial charge in [0.05, 0.1) is 52.7 Å². The van der Waals surface area contributed by atoms with Crippen molar-refractivity contribution >= 4 is 57.1 Å². The van der Waals surface area contributed by atoms with Crippen LogP contribution in [-0.4, -0.2) is 72.3 Å². The van der Waals surface area contributed by atoms with Crippen molar-refractivity contribution in [3.05, 3.63) is 69.3 Å². The minimum absolute atomic E-state index is 0.0511. The number of H-pyrrole nitrogens is 2. The molecular weight excluding hydrogens is 640 g/mol. The van der Waals surface area contributed by atoms with Crippen LogP contribution >= 0.6 is 0 Å². The highest BCUT2D eigenvalue weighted by molar-refractivity contribution is 5.92. The van der Waals surface area contributed by atoms with Gasteiger partial charge in [0.1, 0.15) is 0 Å². The molecule has 0 saturated carbocycles. The summed E-state index contributed by atoms with van der Waals surface area (Å²) in [5.41, 5.74) is 10.2. The number of methoxy groups -OCH3 is 4. The van der Waals surface area contributed by atoms with Gasteiger partial charge in [-0.1, -0.05) is 13.8 Å². The number of fused-ring (bicyclic) bond motifs is 8. The van der Waals surface area contributed by atoms with Gasteiger partial charge in [-0.25, -0.2) is 4.98 Å². The third kappa shape index (κ3) is 7.49. The SMILES string of the molecule is COC(=O)CCc1c(CC(=O)OC)c2cc3nc(cc4nc(cc5[nH]c(cc1[nH]2)c(CCC(=O)OC)c5CC(=O)OC)C(C)(C)C4)C(C)=C3C. The third-order valence-electron chi connectivity index (χ3n) is 9.59. The largest absolute Gasteiger partial charge is 0.469 e. The summed E-state index contributed by atoms with van der Waals surface area (Å²) in [5, 5.41) is 0. The molecule has 0 spiro atoms. The Morgan fingerprint density at radius 1 is 0.620 bits per heavy atom. The number of aromatic nitrogens is 4. The van der Waals surface area contributed by atoms with E-state index in [1.165, 1.54) is 28.4 Å². The minimum atomic E-state index is -0.447. The zero-order chi connectivity index (χ0) is 36.3. The Morgan fingerprint density at radius 3 is 1.54 bits per heavy atom. The van der Waals surface area contributed by atoms with E-state index >= 15 is 0 Å². The highest BCUT2D eigenvalue weighted by Gasteiger charge is 2.30. The molecule has 0 radical (unpaired) electrons. The molecule has 264 valence electrons. The molecule has 2 aliphatic heterocycles. The number of nitrogens with zero attached hydrogens (tertiary/aromatic N) is 2. The van der Waals surface area contributed by atoms with Crippen molar-refractivity contribution in [3.63, 3.8) is 0 Å². The van der Waals surface area contributed by atoms with Gasteiger partial charge >= 0.3 is 23.9 Å². The average molecular weight is 685 g/mol. The van der Waals surface area contributed by atoms with Crippen LogP contribution in [-0.2, 0) is 75.6 Å². The predicted octanol–water partition coefficient (Wildman–Crippen LogP) is 5.43. The molecule has 0 atom stereocenters. The highest BCUT2D eigenvalue weighted by atomic mass is 16.5. The fourth-order valence-electron chi connectivity index (χ4n) is 6.54. The highest BCUT2D eigenvalue weighted by Crippen LogP contribution is 2.36. The topological polar surface area (TPSA) is 163 Å². The number of carbonyl (C=O) groups is 4. The summed E-state index contributed by atoms with van der Waals surface area (Å²) in [4.78, 5) is 67.5. The normalized spacial score (nSPS) is 13.6. The summed E-state index contributed by atoms with van der Waals surface area (Å²) in [5.74, 6) is -1.69. The first-order valence-electron chi connectivity index (χ1n) is 16.5. The number of rotatable bonds is 10. The zero-order valence-corrected chi connectivity index (χ0v) is 29.9.